The first-order valence-corrected chi connectivity index (χ1v) is 4.37. The van der Waals surface area contributed by atoms with E-state index >= 15 is 0 Å². The molecule has 0 unspecified atom stereocenters. The molecule has 0 aliphatic heterocycles. The van der Waals surface area contributed by atoms with Crippen molar-refractivity contribution in [2.24, 2.45) is 7.05 Å². The summed E-state index contributed by atoms with van der Waals surface area (Å²) in [6, 6.07) is 1.94. The van der Waals surface area contributed by atoms with E-state index in [1.807, 2.05) is 6.07 Å². The predicted octanol–water partition coefficient (Wildman–Crippen LogP) is 1.23. The molecular formula is C7H7BrN4O2. The fraction of sp³-hybridized carbons (Fsp3) is 0.286. The molecule has 1 heterocycles. The van der Waals surface area contributed by atoms with Gasteiger partial charge in [-0.2, -0.15) is 10.4 Å². The van der Waals surface area contributed by atoms with Gasteiger partial charge in [0.2, 0.25) is 0 Å². The van der Waals surface area contributed by atoms with Crippen LogP contribution >= 0.6 is 15.9 Å². The summed E-state index contributed by atoms with van der Waals surface area (Å²) in [6.07, 6.45) is -0.631. The first-order chi connectivity index (χ1) is 6.60. The number of halogens is 1. The Morgan fingerprint density at radius 3 is 2.86 bits per heavy atom. The lowest BCUT2D eigenvalue weighted by Gasteiger charge is -1.98. The molecule has 0 saturated heterocycles. The zero-order chi connectivity index (χ0) is 10.7. The van der Waals surface area contributed by atoms with Gasteiger partial charge in [0.1, 0.15) is 6.07 Å². The van der Waals surface area contributed by atoms with Crippen molar-refractivity contribution in [1.29, 1.82) is 5.26 Å². The van der Waals surface area contributed by atoms with Gasteiger partial charge in [0.05, 0.1) is 11.6 Å². The SMILES string of the molecule is COC(=O)Nc1nn(C)c(C#N)c1Br. The van der Waals surface area contributed by atoms with Gasteiger partial charge in [-0.15, -0.1) is 0 Å². The zero-order valence-corrected chi connectivity index (χ0v) is 9.12. The van der Waals surface area contributed by atoms with Crippen molar-refractivity contribution < 1.29 is 9.53 Å². The number of nitriles is 1. The molecule has 0 aliphatic rings. The highest BCUT2D eigenvalue weighted by Gasteiger charge is 2.15. The summed E-state index contributed by atoms with van der Waals surface area (Å²) in [5, 5.41) is 15.0. The predicted molar refractivity (Wildman–Crippen MR) is 51.7 cm³/mol. The van der Waals surface area contributed by atoms with Gasteiger partial charge in [0.15, 0.2) is 11.5 Å². The lowest BCUT2D eigenvalue weighted by Crippen LogP contribution is -2.11. The molecule has 0 aliphatic carbocycles. The molecule has 0 aromatic carbocycles. The smallest absolute Gasteiger partial charge is 0.412 e. The van der Waals surface area contributed by atoms with Crippen LogP contribution < -0.4 is 5.32 Å². The maximum absolute atomic E-state index is 10.9. The van der Waals surface area contributed by atoms with Crippen LogP contribution in [0.2, 0.25) is 0 Å². The summed E-state index contributed by atoms with van der Waals surface area (Å²) >= 11 is 3.14. The first kappa shape index (κ1) is 10.5. The van der Waals surface area contributed by atoms with Crippen LogP contribution in [0.5, 0.6) is 0 Å². The van der Waals surface area contributed by atoms with Crippen LogP contribution in [-0.2, 0) is 11.8 Å². The molecule has 1 rings (SSSR count). The fourth-order valence-corrected chi connectivity index (χ4v) is 1.37. The minimum atomic E-state index is -0.631. The van der Waals surface area contributed by atoms with Crippen LogP contribution in [0.15, 0.2) is 4.47 Å². The first-order valence-electron chi connectivity index (χ1n) is 3.57. The van der Waals surface area contributed by atoms with Crippen LogP contribution in [-0.4, -0.2) is 23.0 Å². The minimum Gasteiger partial charge on any atom is -0.453 e. The fourth-order valence-electron chi connectivity index (χ4n) is 0.847. The molecule has 0 bridgehead atoms. The van der Waals surface area contributed by atoms with E-state index in [0.717, 1.165) is 0 Å². The Labute approximate surface area is 88.6 Å². The Bertz CT molecular complexity index is 407. The molecule has 7 heteroatoms. The topological polar surface area (TPSA) is 79.9 Å². The number of methoxy groups -OCH3 is 1. The van der Waals surface area contributed by atoms with E-state index in [1.165, 1.54) is 11.8 Å². The van der Waals surface area contributed by atoms with Crippen LogP contribution in [0.3, 0.4) is 0 Å². The number of carbonyl (C=O) groups excluding carboxylic acids is 1. The van der Waals surface area contributed by atoms with E-state index in [2.05, 4.69) is 31.1 Å². The highest BCUT2D eigenvalue weighted by molar-refractivity contribution is 9.10. The van der Waals surface area contributed by atoms with Crippen LogP contribution in [0.4, 0.5) is 10.6 Å². The van der Waals surface area contributed by atoms with Crippen molar-refractivity contribution in [3.8, 4) is 6.07 Å². The van der Waals surface area contributed by atoms with E-state index in [1.54, 1.807) is 7.05 Å². The number of hydrogen-bond acceptors (Lipinski definition) is 4. The van der Waals surface area contributed by atoms with Crippen molar-refractivity contribution in [2.75, 3.05) is 12.4 Å². The van der Waals surface area contributed by atoms with E-state index in [0.29, 0.717) is 10.2 Å². The van der Waals surface area contributed by atoms with Gasteiger partial charge in [-0.3, -0.25) is 10.00 Å². The Morgan fingerprint density at radius 2 is 2.43 bits per heavy atom. The summed E-state index contributed by atoms with van der Waals surface area (Å²) in [6.45, 7) is 0. The molecule has 0 saturated carbocycles. The van der Waals surface area contributed by atoms with E-state index in [9.17, 15) is 4.79 Å². The summed E-state index contributed by atoms with van der Waals surface area (Å²) < 4.78 is 6.18. The second kappa shape index (κ2) is 4.11. The lowest BCUT2D eigenvalue weighted by atomic mass is 10.4. The second-order valence-corrected chi connectivity index (χ2v) is 3.16. The standard InChI is InChI=1S/C7H7BrN4O2/c1-12-4(3-9)5(8)6(11-12)10-7(13)14-2/h1-2H3,(H,10,11,13). The maximum Gasteiger partial charge on any atom is 0.412 e. The van der Waals surface area contributed by atoms with Crippen LogP contribution in [0, 0.1) is 11.3 Å². The lowest BCUT2D eigenvalue weighted by molar-refractivity contribution is 0.187. The third-order valence-corrected chi connectivity index (χ3v) is 2.25. The average Bonchev–Trinajstić information content (AvgIpc) is 2.42. The molecule has 1 aromatic heterocycles. The maximum atomic E-state index is 10.9. The normalized spacial score (nSPS) is 9.29. The summed E-state index contributed by atoms with van der Waals surface area (Å²) in [5.41, 5.74) is 0.330. The molecular weight excluding hydrogens is 252 g/mol. The number of aryl methyl sites for hydroxylation is 1. The molecule has 6 nitrogen and oxygen atoms in total. The van der Waals surface area contributed by atoms with E-state index in [-0.39, 0.29) is 5.82 Å². The minimum absolute atomic E-state index is 0.260. The number of aromatic nitrogens is 2. The monoisotopic (exact) mass is 258 g/mol. The molecule has 1 N–H and O–H groups in total. The Morgan fingerprint density at radius 1 is 1.79 bits per heavy atom. The average molecular weight is 259 g/mol. The number of amides is 1. The molecule has 0 spiro atoms. The van der Waals surface area contributed by atoms with Crippen LogP contribution in [0.1, 0.15) is 5.69 Å². The number of nitrogens with one attached hydrogen (secondary N) is 1. The van der Waals surface area contributed by atoms with Crippen molar-refractivity contribution in [2.45, 2.75) is 0 Å². The van der Waals surface area contributed by atoms with E-state index < -0.39 is 6.09 Å². The largest absolute Gasteiger partial charge is 0.453 e. The second-order valence-electron chi connectivity index (χ2n) is 2.36. The highest BCUT2D eigenvalue weighted by atomic mass is 79.9. The Hall–Kier alpha value is -1.55. The third kappa shape index (κ3) is 1.85. The number of nitrogens with zero attached hydrogens (tertiary/aromatic N) is 3. The highest BCUT2D eigenvalue weighted by Crippen LogP contribution is 2.24. The van der Waals surface area contributed by atoms with Gasteiger partial charge in [0.25, 0.3) is 0 Å². The van der Waals surface area contributed by atoms with Gasteiger partial charge in [-0.1, -0.05) is 0 Å². The zero-order valence-electron chi connectivity index (χ0n) is 7.54. The van der Waals surface area contributed by atoms with Crippen molar-refractivity contribution >= 4 is 27.8 Å². The van der Waals surface area contributed by atoms with Gasteiger partial charge in [-0.05, 0) is 15.9 Å². The van der Waals surface area contributed by atoms with Crippen molar-refractivity contribution in [3.63, 3.8) is 0 Å². The number of ether oxygens (including phenoxy) is 1. The molecule has 74 valence electrons. The van der Waals surface area contributed by atoms with Gasteiger partial charge < -0.3 is 4.74 Å². The summed E-state index contributed by atoms with van der Waals surface area (Å²) in [5.74, 6) is 0.260. The number of carbonyl (C=O) groups is 1. The van der Waals surface area contributed by atoms with E-state index in [4.69, 9.17) is 5.26 Å². The van der Waals surface area contributed by atoms with Gasteiger partial charge in [-0.25, -0.2) is 4.79 Å². The molecule has 0 atom stereocenters. The number of rotatable bonds is 1. The van der Waals surface area contributed by atoms with Gasteiger partial charge in [0, 0.05) is 7.05 Å². The molecule has 1 amide bonds. The Balaban J connectivity index is 3.01. The van der Waals surface area contributed by atoms with Crippen molar-refractivity contribution in [3.05, 3.63) is 10.2 Å². The Kier molecular flexibility index (Phi) is 3.09. The number of anilines is 1. The summed E-state index contributed by atoms with van der Waals surface area (Å²) in [4.78, 5) is 10.9. The molecule has 1 aromatic rings. The quantitative estimate of drug-likeness (QED) is 0.822. The van der Waals surface area contributed by atoms with Gasteiger partial charge >= 0.3 is 6.09 Å². The molecule has 0 radical (unpaired) electrons. The van der Waals surface area contributed by atoms with Crippen molar-refractivity contribution in [1.82, 2.24) is 9.78 Å². The molecule has 14 heavy (non-hydrogen) atoms. The molecule has 0 fully saturated rings. The number of hydrogen-bond donors (Lipinski definition) is 1. The third-order valence-electron chi connectivity index (χ3n) is 1.50. The van der Waals surface area contributed by atoms with Crippen LogP contribution in [0.25, 0.3) is 0 Å². The summed E-state index contributed by atoms with van der Waals surface area (Å²) in [7, 11) is 2.85.